The van der Waals surface area contributed by atoms with Crippen molar-refractivity contribution in [2.24, 2.45) is 0 Å². The van der Waals surface area contributed by atoms with Crippen molar-refractivity contribution in [2.45, 2.75) is 12.7 Å². The van der Waals surface area contributed by atoms with Gasteiger partial charge < -0.3 is 0 Å². The topological polar surface area (TPSA) is 34.9 Å². The molecule has 0 amide bonds. The zero-order chi connectivity index (χ0) is 15.9. The van der Waals surface area contributed by atoms with Crippen LogP contribution in [0.5, 0.6) is 0 Å². The number of nitrogens with zero attached hydrogens (tertiary/aromatic N) is 2. The first kappa shape index (κ1) is 15.1. The first-order valence-corrected chi connectivity index (χ1v) is 7.35. The Kier molecular flexibility index (Phi) is 3.70. The lowest BCUT2D eigenvalue weighted by molar-refractivity contribution is -0.144. The lowest BCUT2D eigenvalue weighted by atomic mass is 10.3. The third kappa shape index (κ3) is 2.74. The van der Waals surface area contributed by atoms with Gasteiger partial charge in [0.2, 0.25) is 0 Å². The van der Waals surface area contributed by atoms with Gasteiger partial charge in [0.05, 0.1) is 21.8 Å². The summed E-state index contributed by atoms with van der Waals surface area (Å²) in [5.41, 5.74) is -1.08. The van der Waals surface area contributed by atoms with Gasteiger partial charge in [-0.1, -0.05) is 17.7 Å². The number of alkyl halides is 3. The van der Waals surface area contributed by atoms with Gasteiger partial charge in [-0.2, -0.15) is 13.2 Å². The predicted octanol–water partition coefficient (Wildman–Crippen LogP) is 4.18. The molecule has 3 aromatic heterocycles. The monoisotopic (exact) mass is 344 g/mol. The first-order chi connectivity index (χ1) is 10.4. The maximum absolute atomic E-state index is 13.0. The highest BCUT2D eigenvalue weighted by molar-refractivity contribution is 7.19. The molecule has 22 heavy (non-hydrogen) atoms. The fraction of sp³-hybridized carbons (Fsp3) is 0.143. The van der Waals surface area contributed by atoms with Gasteiger partial charge in [-0.15, -0.1) is 11.3 Å². The third-order valence-corrected chi connectivity index (χ3v) is 4.64. The molecule has 3 aromatic rings. The fourth-order valence-corrected chi connectivity index (χ4v) is 3.40. The van der Waals surface area contributed by atoms with Crippen molar-refractivity contribution in [2.75, 3.05) is 0 Å². The van der Waals surface area contributed by atoms with E-state index in [4.69, 9.17) is 11.6 Å². The maximum atomic E-state index is 13.0. The van der Waals surface area contributed by atoms with Gasteiger partial charge in [0.25, 0.3) is 5.56 Å². The smallest absolute Gasteiger partial charge is 0.299 e. The molecule has 0 saturated heterocycles. The van der Waals surface area contributed by atoms with E-state index >= 15 is 0 Å². The number of pyridine rings is 2. The summed E-state index contributed by atoms with van der Waals surface area (Å²) in [6.07, 6.45) is -3.07. The zero-order valence-corrected chi connectivity index (χ0v) is 12.5. The molecule has 0 unspecified atom stereocenters. The molecule has 0 bridgehead atoms. The molecule has 3 nitrogen and oxygen atoms in total. The minimum atomic E-state index is -4.59. The van der Waals surface area contributed by atoms with Gasteiger partial charge in [-0.25, -0.2) is 0 Å². The largest absolute Gasteiger partial charge is 0.431 e. The third-order valence-electron chi connectivity index (χ3n) is 3.07. The number of hydrogen-bond acceptors (Lipinski definition) is 3. The molecule has 0 spiro atoms. The van der Waals surface area contributed by atoms with E-state index < -0.39 is 17.4 Å². The second-order valence-corrected chi connectivity index (χ2v) is 6.10. The van der Waals surface area contributed by atoms with E-state index in [2.05, 4.69) is 4.98 Å². The van der Waals surface area contributed by atoms with E-state index in [0.717, 1.165) is 18.2 Å². The van der Waals surface area contributed by atoms with Gasteiger partial charge in [-0.3, -0.25) is 14.3 Å². The average Bonchev–Trinajstić information content (AvgIpc) is 2.84. The minimum absolute atomic E-state index is 0.175. The molecule has 0 aromatic carbocycles. The van der Waals surface area contributed by atoms with Gasteiger partial charge in [0, 0.05) is 17.1 Å². The Bertz CT molecular complexity index is 901. The summed E-state index contributed by atoms with van der Waals surface area (Å²) in [5, 5.41) is 0.484. The van der Waals surface area contributed by atoms with E-state index in [1.165, 1.54) is 17.5 Å². The first-order valence-electron chi connectivity index (χ1n) is 6.16. The molecule has 0 fully saturated rings. The van der Waals surface area contributed by atoms with Crippen LogP contribution in [0.3, 0.4) is 0 Å². The Morgan fingerprint density at radius 2 is 2.05 bits per heavy atom. The molecule has 114 valence electrons. The molecule has 0 radical (unpaired) electrons. The highest BCUT2D eigenvalue weighted by atomic mass is 35.5. The summed E-state index contributed by atoms with van der Waals surface area (Å²) >= 11 is 7.26. The Labute approximate surface area is 131 Å². The number of rotatable bonds is 2. The van der Waals surface area contributed by atoms with Crippen molar-refractivity contribution in [3.05, 3.63) is 62.5 Å². The number of fused-ring (bicyclic) bond motifs is 1. The van der Waals surface area contributed by atoms with Gasteiger partial charge in [-0.05, 0) is 18.2 Å². The van der Waals surface area contributed by atoms with Crippen LogP contribution in [0.4, 0.5) is 13.2 Å². The van der Waals surface area contributed by atoms with Crippen LogP contribution in [-0.4, -0.2) is 9.55 Å². The molecule has 0 atom stereocenters. The summed E-state index contributed by atoms with van der Waals surface area (Å²) in [4.78, 5) is 16.5. The lowest BCUT2D eigenvalue weighted by Crippen LogP contribution is -2.27. The second-order valence-electron chi connectivity index (χ2n) is 4.55. The van der Waals surface area contributed by atoms with Crippen molar-refractivity contribution in [3.63, 3.8) is 0 Å². The summed E-state index contributed by atoms with van der Waals surface area (Å²) < 4.78 is 40.4. The highest BCUT2D eigenvalue weighted by Crippen LogP contribution is 2.32. The Morgan fingerprint density at radius 1 is 1.27 bits per heavy atom. The van der Waals surface area contributed by atoms with Crippen LogP contribution in [0.15, 0.2) is 41.3 Å². The van der Waals surface area contributed by atoms with Crippen LogP contribution in [0.2, 0.25) is 5.02 Å². The van der Waals surface area contributed by atoms with Crippen LogP contribution in [0.1, 0.15) is 10.6 Å². The molecule has 3 rings (SSSR count). The van der Waals surface area contributed by atoms with Crippen LogP contribution in [0, 0.1) is 0 Å². The molecule has 8 heteroatoms. The maximum Gasteiger partial charge on any atom is 0.431 e. The molecular weight excluding hydrogens is 337 g/mol. The second kappa shape index (κ2) is 5.40. The SMILES string of the molecule is O=c1cccc(C(F)(F)F)n1Cc1cc2nccc(Cl)c2s1. The molecule has 0 saturated carbocycles. The summed E-state index contributed by atoms with van der Waals surface area (Å²) in [5.74, 6) is 0. The van der Waals surface area contributed by atoms with Gasteiger partial charge in [0.1, 0.15) is 5.69 Å². The van der Waals surface area contributed by atoms with Crippen molar-refractivity contribution in [3.8, 4) is 0 Å². The van der Waals surface area contributed by atoms with E-state index in [1.807, 2.05) is 0 Å². The number of halogens is 4. The Balaban J connectivity index is 2.09. The minimum Gasteiger partial charge on any atom is -0.299 e. The molecule has 0 aliphatic heterocycles. The van der Waals surface area contributed by atoms with Crippen molar-refractivity contribution < 1.29 is 13.2 Å². The van der Waals surface area contributed by atoms with E-state index in [1.54, 1.807) is 12.1 Å². The number of aromatic nitrogens is 2. The molecular formula is C14H8ClF3N2OS. The average molecular weight is 345 g/mol. The summed E-state index contributed by atoms with van der Waals surface area (Å²) in [7, 11) is 0. The molecule has 0 aliphatic carbocycles. The van der Waals surface area contributed by atoms with Crippen LogP contribution < -0.4 is 5.56 Å². The van der Waals surface area contributed by atoms with Crippen LogP contribution in [0.25, 0.3) is 10.2 Å². The molecule has 0 aliphatic rings. The number of thiophene rings is 1. The van der Waals surface area contributed by atoms with Crippen LogP contribution in [-0.2, 0) is 12.7 Å². The van der Waals surface area contributed by atoms with Gasteiger partial charge in [0.15, 0.2) is 0 Å². The molecule has 3 heterocycles. The van der Waals surface area contributed by atoms with Crippen molar-refractivity contribution in [1.29, 1.82) is 0 Å². The van der Waals surface area contributed by atoms with Crippen LogP contribution >= 0.6 is 22.9 Å². The van der Waals surface area contributed by atoms with Gasteiger partial charge >= 0.3 is 6.18 Å². The Morgan fingerprint density at radius 3 is 2.73 bits per heavy atom. The van der Waals surface area contributed by atoms with E-state index in [0.29, 0.717) is 24.7 Å². The van der Waals surface area contributed by atoms with Crippen molar-refractivity contribution >= 4 is 33.2 Å². The normalized spacial score (nSPS) is 12.0. The number of hydrogen-bond donors (Lipinski definition) is 0. The fourth-order valence-electron chi connectivity index (χ4n) is 2.12. The van der Waals surface area contributed by atoms with E-state index in [9.17, 15) is 18.0 Å². The Hall–Kier alpha value is -1.86. The standard InChI is InChI=1S/C14H8ClF3N2OS/c15-9-4-5-19-10-6-8(22-13(9)10)7-20-11(14(16,17)18)2-1-3-12(20)21/h1-6H,7H2. The van der Waals surface area contributed by atoms with Crippen molar-refractivity contribution in [1.82, 2.24) is 9.55 Å². The zero-order valence-electron chi connectivity index (χ0n) is 10.9. The van der Waals surface area contributed by atoms with E-state index in [-0.39, 0.29) is 6.54 Å². The molecule has 0 N–H and O–H groups in total. The predicted molar refractivity (Wildman–Crippen MR) is 79.4 cm³/mol. The summed E-state index contributed by atoms with van der Waals surface area (Å²) in [6, 6.07) is 6.35. The highest BCUT2D eigenvalue weighted by Gasteiger charge is 2.34. The lowest BCUT2D eigenvalue weighted by Gasteiger charge is -2.13. The summed E-state index contributed by atoms with van der Waals surface area (Å²) in [6.45, 7) is -0.175. The quantitative estimate of drug-likeness (QED) is 0.699.